The largest absolute Gasteiger partial charge is 0.508 e. The zero-order chi connectivity index (χ0) is 31.2. The average molecular weight is 607 g/mol. The maximum atomic E-state index is 13.7. The number of rotatable bonds is 16. The summed E-state index contributed by atoms with van der Waals surface area (Å²) in [5.41, 5.74) is 8.45. The zero-order valence-electron chi connectivity index (χ0n) is 23.9. The van der Waals surface area contributed by atoms with Gasteiger partial charge in [-0.15, -0.1) is 0 Å². The molecule has 0 aliphatic carbocycles. The van der Waals surface area contributed by atoms with E-state index >= 15 is 0 Å². The van der Waals surface area contributed by atoms with Crippen molar-refractivity contribution in [2.24, 2.45) is 5.73 Å². The molecule has 3 aromatic carbocycles. The summed E-state index contributed by atoms with van der Waals surface area (Å²) in [6.07, 6.45) is 2.49. The molecule has 3 aromatic rings. The Labute approximate surface area is 255 Å². The van der Waals surface area contributed by atoms with E-state index in [0.29, 0.717) is 5.75 Å². The van der Waals surface area contributed by atoms with E-state index in [1.165, 1.54) is 23.9 Å². The van der Waals surface area contributed by atoms with Crippen LogP contribution in [0.25, 0.3) is 0 Å². The Bertz CT molecular complexity index is 1340. The minimum Gasteiger partial charge on any atom is -0.508 e. The lowest BCUT2D eigenvalue weighted by Crippen LogP contribution is -2.58. The molecule has 7 N–H and O–H groups in total. The number of aliphatic carboxylic acids is 1. The number of hydrogen-bond acceptors (Lipinski definition) is 7. The van der Waals surface area contributed by atoms with Crippen molar-refractivity contribution < 1.29 is 29.4 Å². The number of phenols is 1. The first-order valence-electron chi connectivity index (χ1n) is 13.9. The lowest BCUT2D eigenvalue weighted by molar-refractivity contribution is -0.142. The molecular formula is C32H38N4O6S. The molecule has 0 saturated carbocycles. The SMILES string of the molecule is CSCCC(NC(=O)C(Cc1ccccc1)NC(=O)C(Cc1ccccc1)NC(=O)C(N)Cc1ccc(O)cc1)C(=O)O. The van der Waals surface area contributed by atoms with Gasteiger partial charge in [-0.1, -0.05) is 72.8 Å². The molecule has 0 radical (unpaired) electrons. The Morgan fingerprint density at radius 2 is 1.12 bits per heavy atom. The number of nitrogens with one attached hydrogen (secondary N) is 3. The number of phenolic OH excluding ortho intramolecular Hbond substituents is 1. The van der Waals surface area contributed by atoms with Crippen LogP contribution in [-0.4, -0.2) is 70.1 Å². The molecule has 0 aliphatic heterocycles. The quantitative estimate of drug-likeness (QED) is 0.144. The second kappa shape index (κ2) is 16.9. The van der Waals surface area contributed by atoms with Crippen LogP contribution >= 0.6 is 11.8 Å². The van der Waals surface area contributed by atoms with Crippen LogP contribution in [0.4, 0.5) is 0 Å². The molecular weight excluding hydrogens is 568 g/mol. The molecule has 228 valence electrons. The predicted molar refractivity (Wildman–Crippen MR) is 167 cm³/mol. The van der Waals surface area contributed by atoms with Crippen LogP contribution in [0.1, 0.15) is 23.1 Å². The first-order valence-corrected chi connectivity index (χ1v) is 15.3. The molecule has 0 spiro atoms. The Balaban J connectivity index is 1.81. The fourth-order valence-electron chi connectivity index (χ4n) is 4.41. The highest BCUT2D eigenvalue weighted by Crippen LogP contribution is 2.12. The summed E-state index contributed by atoms with van der Waals surface area (Å²) in [7, 11) is 0. The van der Waals surface area contributed by atoms with Crippen molar-refractivity contribution >= 4 is 35.5 Å². The molecule has 10 nitrogen and oxygen atoms in total. The molecule has 4 unspecified atom stereocenters. The Morgan fingerprint density at radius 1 is 0.674 bits per heavy atom. The van der Waals surface area contributed by atoms with Crippen molar-refractivity contribution in [3.8, 4) is 5.75 Å². The van der Waals surface area contributed by atoms with Gasteiger partial charge >= 0.3 is 5.97 Å². The van der Waals surface area contributed by atoms with E-state index in [9.17, 15) is 29.4 Å². The van der Waals surface area contributed by atoms with Crippen molar-refractivity contribution in [1.82, 2.24) is 16.0 Å². The number of carboxylic acids is 1. The fraction of sp³-hybridized carbons (Fsp3) is 0.312. The lowest BCUT2D eigenvalue weighted by atomic mass is 10.0. The second-order valence-electron chi connectivity index (χ2n) is 10.2. The molecule has 11 heteroatoms. The minimum atomic E-state index is -1.16. The highest BCUT2D eigenvalue weighted by Gasteiger charge is 2.30. The number of carboxylic acid groups (broad SMARTS) is 1. The molecule has 0 aliphatic rings. The van der Waals surface area contributed by atoms with Gasteiger partial charge in [0.2, 0.25) is 17.7 Å². The normalized spacial score (nSPS) is 13.6. The highest BCUT2D eigenvalue weighted by atomic mass is 32.2. The van der Waals surface area contributed by atoms with Crippen molar-refractivity contribution in [3.63, 3.8) is 0 Å². The van der Waals surface area contributed by atoms with E-state index in [1.807, 2.05) is 42.7 Å². The molecule has 0 saturated heterocycles. The second-order valence-corrected chi connectivity index (χ2v) is 11.1. The van der Waals surface area contributed by atoms with Gasteiger partial charge < -0.3 is 31.9 Å². The molecule has 4 atom stereocenters. The standard InChI is InChI=1S/C32H38N4O6S/c1-43-17-16-26(32(41)42)34-30(39)28(20-22-10-6-3-7-11-22)36-31(40)27(19-21-8-4-2-5-9-21)35-29(38)25(33)18-23-12-14-24(37)15-13-23/h2-15,25-28,37H,16-20,33H2,1H3,(H,34,39)(H,35,38)(H,36,40)(H,41,42). The number of hydrogen-bond donors (Lipinski definition) is 6. The van der Waals surface area contributed by atoms with E-state index in [-0.39, 0.29) is 31.4 Å². The van der Waals surface area contributed by atoms with Gasteiger partial charge in [-0.2, -0.15) is 11.8 Å². The number of thioether (sulfide) groups is 1. The van der Waals surface area contributed by atoms with Gasteiger partial charge in [0.25, 0.3) is 0 Å². The number of carbonyl (C=O) groups is 4. The van der Waals surface area contributed by atoms with Crippen LogP contribution in [0.3, 0.4) is 0 Å². The Morgan fingerprint density at radius 3 is 1.58 bits per heavy atom. The Hall–Kier alpha value is -4.35. The van der Waals surface area contributed by atoms with Crippen molar-refractivity contribution in [2.75, 3.05) is 12.0 Å². The lowest BCUT2D eigenvalue weighted by Gasteiger charge is -2.25. The monoisotopic (exact) mass is 606 g/mol. The number of amides is 3. The molecule has 0 heterocycles. The van der Waals surface area contributed by atoms with Crippen LogP contribution in [-0.2, 0) is 38.4 Å². The number of nitrogens with two attached hydrogens (primary N) is 1. The minimum absolute atomic E-state index is 0.0920. The number of aromatic hydroxyl groups is 1. The fourth-order valence-corrected chi connectivity index (χ4v) is 4.88. The van der Waals surface area contributed by atoms with Gasteiger partial charge in [-0.25, -0.2) is 4.79 Å². The maximum Gasteiger partial charge on any atom is 0.326 e. The van der Waals surface area contributed by atoms with Crippen molar-refractivity contribution in [2.45, 2.75) is 49.9 Å². The third kappa shape index (κ3) is 11.1. The summed E-state index contributed by atoms with van der Waals surface area (Å²) in [4.78, 5) is 52.0. The van der Waals surface area contributed by atoms with Crippen LogP contribution in [0, 0.1) is 0 Å². The third-order valence-corrected chi connectivity index (χ3v) is 7.43. The first kappa shape index (κ1) is 33.2. The summed E-state index contributed by atoms with van der Waals surface area (Å²) in [5, 5.41) is 27.2. The van der Waals surface area contributed by atoms with Crippen LogP contribution < -0.4 is 21.7 Å². The summed E-state index contributed by atoms with van der Waals surface area (Å²) in [6, 6.07) is 20.2. The molecule has 3 rings (SSSR count). The molecule has 43 heavy (non-hydrogen) atoms. The molecule has 3 amide bonds. The van der Waals surface area contributed by atoms with Crippen LogP contribution in [0.5, 0.6) is 5.75 Å². The van der Waals surface area contributed by atoms with Gasteiger partial charge in [0, 0.05) is 12.8 Å². The van der Waals surface area contributed by atoms with Crippen molar-refractivity contribution in [1.29, 1.82) is 0 Å². The summed E-state index contributed by atoms with van der Waals surface area (Å²) in [5.74, 6) is -2.35. The van der Waals surface area contributed by atoms with Gasteiger partial charge in [-0.3, -0.25) is 14.4 Å². The molecule has 0 aromatic heterocycles. The van der Waals surface area contributed by atoms with E-state index in [2.05, 4.69) is 16.0 Å². The van der Waals surface area contributed by atoms with E-state index in [0.717, 1.165) is 16.7 Å². The number of carbonyl (C=O) groups excluding carboxylic acids is 3. The van der Waals surface area contributed by atoms with Crippen LogP contribution in [0.15, 0.2) is 84.9 Å². The average Bonchev–Trinajstić information content (AvgIpc) is 3.00. The Kier molecular flexibility index (Phi) is 13.1. The first-order chi connectivity index (χ1) is 20.7. The van der Waals surface area contributed by atoms with Gasteiger partial charge in [-0.05, 0) is 53.7 Å². The van der Waals surface area contributed by atoms with Crippen LogP contribution in [0.2, 0.25) is 0 Å². The summed E-state index contributed by atoms with van der Waals surface area (Å²) in [6.45, 7) is 0. The highest BCUT2D eigenvalue weighted by molar-refractivity contribution is 7.98. The summed E-state index contributed by atoms with van der Waals surface area (Å²) < 4.78 is 0. The molecule has 0 bridgehead atoms. The topological polar surface area (TPSA) is 171 Å². The maximum absolute atomic E-state index is 13.7. The zero-order valence-corrected chi connectivity index (χ0v) is 24.8. The van der Waals surface area contributed by atoms with Crippen molar-refractivity contribution in [3.05, 3.63) is 102 Å². The smallest absolute Gasteiger partial charge is 0.326 e. The number of benzene rings is 3. The van der Waals surface area contributed by atoms with E-state index in [1.54, 1.807) is 36.4 Å². The van der Waals surface area contributed by atoms with Gasteiger partial charge in [0.05, 0.1) is 6.04 Å². The summed E-state index contributed by atoms with van der Waals surface area (Å²) >= 11 is 1.46. The van der Waals surface area contributed by atoms with Gasteiger partial charge in [0.1, 0.15) is 23.9 Å². The third-order valence-electron chi connectivity index (χ3n) is 6.79. The van der Waals surface area contributed by atoms with E-state index in [4.69, 9.17) is 5.73 Å². The van der Waals surface area contributed by atoms with Gasteiger partial charge in [0.15, 0.2) is 0 Å². The van der Waals surface area contributed by atoms with E-state index < -0.39 is 47.9 Å². The molecule has 0 fully saturated rings. The predicted octanol–water partition coefficient (Wildman–Crippen LogP) is 2.04.